The summed E-state index contributed by atoms with van der Waals surface area (Å²) in [6, 6.07) is 23.2. The van der Waals surface area contributed by atoms with Crippen LogP contribution in [0.3, 0.4) is 0 Å². The summed E-state index contributed by atoms with van der Waals surface area (Å²) in [5.74, 6) is 0. The highest BCUT2D eigenvalue weighted by atomic mass is 16.2. The molecule has 28 heavy (non-hydrogen) atoms. The molecule has 0 aliphatic heterocycles. The van der Waals surface area contributed by atoms with Gasteiger partial charge in [0.2, 0.25) is 0 Å². The van der Waals surface area contributed by atoms with Crippen LogP contribution in [0, 0.1) is 13.8 Å². The third-order valence-electron chi connectivity index (χ3n) is 5.15. The standard InChI is InChI=1S/C24H22N2O2/c1-17-12-13-18(2)20(14-17)16-25-22-11-7-6-10-21(22)23(27)26(24(25)28)15-19-8-4-3-5-9-19/h3-14H,15-16H2,1-2H3. The average Bonchev–Trinajstić information content (AvgIpc) is 2.71. The fourth-order valence-electron chi connectivity index (χ4n) is 3.57. The van der Waals surface area contributed by atoms with E-state index in [1.54, 1.807) is 10.6 Å². The van der Waals surface area contributed by atoms with Gasteiger partial charge in [-0.3, -0.25) is 13.9 Å². The molecule has 0 amide bonds. The van der Waals surface area contributed by atoms with Crippen molar-refractivity contribution in [3.63, 3.8) is 0 Å². The lowest BCUT2D eigenvalue weighted by molar-refractivity contribution is 0.634. The van der Waals surface area contributed by atoms with Gasteiger partial charge < -0.3 is 0 Å². The molecule has 0 fully saturated rings. The SMILES string of the molecule is Cc1ccc(C)c(Cn2c(=O)n(Cc3ccccc3)c(=O)c3ccccc32)c1. The second-order valence-electron chi connectivity index (χ2n) is 7.19. The van der Waals surface area contributed by atoms with Gasteiger partial charge in [0.25, 0.3) is 5.56 Å². The molecule has 0 N–H and O–H groups in total. The summed E-state index contributed by atoms with van der Waals surface area (Å²) in [4.78, 5) is 26.4. The van der Waals surface area contributed by atoms with Crippen molar-refractivity contribution in [2.24, 2.45) is 0 Å². The van der Waals surface area contributed by atoms with E-state index < -0.39 is 0 Å². The molecule has 4 rings (SSSR count). The number of hydrogen-bond acceptors (Lipinski definition) is 2. The Kier molecular flexibility index (Phi) is 4.70. The van der Waals surface area contributed by atoms with Gasteiger partial charge in [0.15, 0.2) is 0 Å². The normalized spacial score (nSPS) is 11.1. The van der Waals surface area contributed by atoms with Gasteiger partial charge in [-0.1, -0.05) is 66.2 Å². The van der Waals surface area contributed by atoms with Gasteiger partial charge in [-0.15, -0.1) is 0 Å². The highest BCUT2D eigenvalue weighted by Gasteiger charge is 2.14. The van der Waals surface area contributed by atoms with Crippen LogP contribution >= 0.6 is 0 Å². The molecule has 0 aliphatic rings. The van der Waals surface area contributed by atoms with E-state index in [0.29, 0.717) is 17.4 Å². The van der Waals surface area contributed by atoms with E-state index in [9.17, 15) is 9.59 Å². The Morgan fingerprint density at radius 2 is 1.46 bits per heavy atom. The Bertz CT molecular complexity index is 1270. The molecule has 1 aromatic heterocycles. The number of benzene rings is 3. The van der Waals surface area contributed by atoms with Gasteiger partial charge in [0.05, 0.1) is 24.0 Å². The van der Waals surface area contributed by atoms with Gasteiger partial charge in [0, 0.05) is 0 Å². The lowest BCUT2D eigenvalue weighted by Crippen LogP contribution is -2.40. The molecule has 0 radical (unpaired) electrons. The fraction of sp³-hybridized carbons (Fsp3) is 0.167. The Hall–Kier alpha value is -3.40. The van der Waals surface area contributed by atoms with Crippen molar-refractivity contribution in [3.8, 4) is 0 Å². The molecule has 140 valence electrons. The number of aromatic nitrogens is 2. The van der Waals surface area contributed by atoms with Gasteiger partial charge >= 0.3 is 5.69 Å². The lowest BCUT2D eigenvalue weighted by atomic mass is 10.1. The van der Waals surface area contributed by atoms with E-state index in [0.717, 1.165) is 22.3 Å². The van der Waals surface area contributed by atoms with Gasteiger partial charge in [0.1, 0.15) is 0 Å². The molecule has 0 aliphatic carbocycles. The first-order chi connectivity index (χ1) is 13.5. The zero-order valence-corrected chi connectivity index (χ0v) is 16.1. The van der Waals surface area contributed by atoms with Crippen molar-refractivity contribution in [2.75, 3.05) is 0 Å². The first kappa shape index (κ1) is 18.0. The van der Waals surface area contributed by atoms with Gasteiger partial charge in [-0.25, -0.2) is 4.79 Å². The quantitative estimate of drug-likeness (QED) is 0.547. The van der Waals surface area contributed by atoms with Gasteiger partial charge in [-0.2, -0.15) is 0 Å². The molecule has 3 aromatic carbocycles. The third kappa shape index (κ3) is 3.29. The van der Waals surface area contributed by atoms with Crippen LogP contribution in [0.2, 0.25) is 0 Å². The summed E-state index contributed by atoms with van der Waals surface area (Å²) in [5.41, 5.74) is 4.42. The second-order valence-corrected chi connectivity index (χ2v) is 7.19. The van der Waals surface area contributed by atoms with Crippen LogP contribution in [-0.2, 0) is 13.1 Å². The monoisotopic (exact) mass is 370 g/mol. The molecule has 0 bridgehead atoms. The Balaban J connectivity index is 1.93. The lowest BCUT2D eigenvalue weighted by Gasteiger charge is -2.16. The smallest absolute Gasteiger partial charge is 0.289 e. The molecule has 0 saturated carbocycles. The predicted octanol–water partition coefficient (Wildman–Crippen LogP) is 3.88. The van der Waals surface area contributed by atoms with Crippen molar-refractivity contribution in [1.82, 2.24) is 9.13 Å². The molecule has 0 spiro atoms. The Morgan fingerprint density at radius 3 is 2.25 bits per heavy atom. The molecule has 4 heteroatoms. The molecule has 1 heterocycles. The molecule has 4 aromatic rings. The fourth-order valence-corrected chi connectivity index (χ4v) is 3.57. The average molecular weight is 370 g/mol. The van der Waals surface area contributed by atoms with E-state index in [4.69, 9.17) is 0 Å². The topological polar surface area (TPSA) is 44.0 Å². The van der Waals surface area contributed by atoms with Crippen molar-refractivity contribution in [1.29, 1.82) is 0 Å². The van der Waals surface area contributed by atoms with Crippen LogP contribution in [0.25, 0.3) is 10.9 Å². The van der Waals surface area contributed by atoms with E-state index in [-0.39, 0.29) is 17.8 Å². The van der Waals surface area contributed by atoms with Crippen LogP contribution in [-0.4, -0.2) is 9.13 Å². The number of para-hydroxylation sites is 1. The number of nitrogens with zero attached hydrogens (tertiary/aromatic N) is 2. The zero-order valence-electron chi connectivity index (χ0n) is 16.1. The summed E-state index contributed by atoms with van der Waals surface area (Å²) in [5, 5.41) is 0.559. The summed E-state index contributed by atoms with van der Waals surface area (Å²) in [6.45, 7) is 4.78. The second kappa shape index (κ2) is 7.31. The van der Waals surface area contributed by atoms with E-state index in [2.05, 4.69) is 18.2 Å². The molecule has 0 atom stereocenters. The van der Waals surface area contributed by atoms with Crippen LogP contribution in [0.1, 0.15) is 22.3 Å². The number of aryl methyl sites for hydroxylation is 2. The maximum absolute atomic E-state index is 13.3. The first-order valence-corrected chi connectivity index (χ1v) is 9.37. The summed E-state index contributed by atoms with van der Waals surface area (Å²) in [7, 11) is 0. The molecular formula is C24H22N2O2. The van der Waals surface area contributed by atoms with Crippen LogP contribution in [0.15, 0.2) is 82.4 Å². The molecule has 0 unspecified atom stereocenters. The van der Waals surface area contributed by atoms with Crippen molar-refractivity contribution < 1.29 is 0 Å². The maximum atomic E-state index is 13.3. The Labute approximate surface area is 163 Å². The molecular weight excluding hydrogens is 348 g/mol. The molecule has 0 saturated heterocycles. The van der Waals surface area contributed by atoms with Crippen molar-refractivity contribution in [2.45, 2.75) is 26.9 Å². The van der Waals surface area contributed by atoms with E-state index >= 15 is 0 Å². The largest absolute Gasteiger partial charge is 0.332 e. The van der Waals surface area contributed by atoms with Crippen molar-refractivity contribution in [3.05, 3.63) is 116 Å². The maximum Gasteiger partial charge on any atom is 0.332 e. The van der Waals surface area contributed by atoms with Crippen LogP contribution in [0.4, 0.5) is 0 Å². The minimum absolute atomic E-state index is 0.248. The van der Waals surface area contributed by atoms with E-state index in [1.165, 1.54) is 4.57 Å². The third-order valence-corrected chi connectivity index (χ3v) is 5.15. The van der Waals surface area contributed by atoms with Crippen molar-refractivity contribution >= 4 is 10.9 Å². The van der Waals surface area contributed by atoms with E-state index in [1.807, 2.05) is 62.4 Å². The number of fused-ring (bicyclic) bond motifs is 1. The minimum Gasteiger partial charge on any atom is -0.289 e. The number of hydrogen-bond donors (Lipinski definition) is 0. The summed E-state index contributed by atoms with van der Waals surface area (Å²) in [6.07, 6.45) is 0. The minimum atomic E-state index is -0.284. The predicted molar refractivity (Wildman–Crippen MR) is 113 cm³/mol. The summed E-state index contributed by atoms with van der Waals surface area (Å²) < 4.78 is 3.05. The molecule has 4 nitrogen and oxygen atoms in total. The Morgan fingerprint density at radius 1 is 0.750 bits per heavy atom. The van der Waals surface area contributed by atoms with Crippen LogP contribution < -0.4 is 11.2 Å². The van der Waals surface area contributed by atoms with Crippen LogP contribution in [0.5, 0.6) is 0 Å². The first-order valence-electron chi connectivity index (χ1n) is 9.37. The highest BCUT2D eigenvalue weighted by molar-refractivity contribution is 5.78. The van der Waals surface area contributed by atoms with Gasteiger partial charge in [-0.05, 0) is 42.7 Å². The summed E-state index contributed by atoms with van der Waals surface area (Å²) >= 11 is 0. The number of rotatable bonds is 4. The highest BCUT2D eigenvalue weighted by Crippen LogP contribution is 2.15. The zero-order chi connectivity index (χ0) is 19.7.